The number of para-hydroxylation sites is 1. The van der Waals surface area contributed by atoms with E-state index in [-0.39, 0.29) is 17.6 Å². The first-order chi connectivity index (χ1) is 9.22. The molecular formula is C14H20N2O2S. The topological polar surface area (TPSA) is 58.2 Å². The summed E-state index contributed by atoms with van der Waals surface area (Å²) < 4.78 is 0. The molecule has 0 bridgehead atoms. The van der Waals surface area contributed by atoms with Gasteiger partial charge < -0.3 is 10.6 Å². The van der Waals surface area contributed by atoms with Gasteiger partial charge in [0.15, 0.2) is 0 Å². The van der Waals surface area contributed by atoms with E-state index in [0.717, 1.165) is 18.5 Å². The SMILES string of the molecule is CCCCNC(=O)CSCC(=O)Nc1ccccc1. The summed E-state index contributed by atoms with van der Waals surface area (Å²) in [6, 6.07) is 9.29. The van der Waals surface area contributed by atoms with Crippen molar-refractivity contribution >= 4 is 29.3 Å². The van der Waals surface area contributed by atoms with Gasteiger partial charge in [-0.15, -0.1) is 11.8 Å². The molecule has 1 aromatic carbocycles. The number of hydrogen-bond acceptors (Lipinski definition) is 3. The molecule has 0 radical (unpaired) electrons. The summed E-state index contributed by atoms with van der Waals surface area (Å²) in [5.74, 6) is 0.519. The van der Waals surface area contributed by atoms with Gasteiger partial charge in [0.05, 0.1) is 11.5 Å². The van der Waals surface area contributed by atoms with Crippen molar-refractivity contribution in [3.8, 4) is 0 Å². The molecule has 19 heavy (non-hydrogen) atoms. The molecule has 5 heteroatoms. The van der Waals surface area contributed by atoms with Gasteiger partial charge in [0.1, 0.15) is 0 Å². The second kappa shape index (κ2) is 9.44. The maximum Gasteiger partial charge on any atom is 0.234 e. The van der Waals surface area contributed by atoms with Gasteiger partial charge in [0.25, 0.3) is 0 Å². The van der Waals surface area contributed by atoms with Crippen LogP contribution >= 0.6 is 11.8 Å². The third kappa shape index (κ3) is 7.51. The van der Waals surface area contributed by atoms with Crippen LogP contribution in [0.15, 0.2) is 30.3 Å². The predicted molar refractivity (Wildman–Crippen MR) is 80.3 cm³/mol. The summed E-state index contributed by atoms with van der Waals surface area (Å²) in [5.41, 5.74) is 0.778. The molecule has 0 heterocycles. The second-order valence-electron chi connectivity index (χ2n) is 4.11. The van der Waals surface area contributed by atoms with E-state index >= 15 is 0 Å². The van der Waals surface area contributed by atoms with Crippen LogP contribution in [0.25, 0.3) is 0 Å². The minimum absolute atomic E-state index is 0.00837. The normalized spacial score (nSPS) is 9.95. The number of anilines is 1. The highest BCUT2D eigenvalue weighted by Crippen LogP contribution is 2.06. The number of unbranched alkanes of at least 4 members (excludes halogenated alkanes) is 1. The number of hydrogen-bond donors (Lipinski definition) is 2. The maximum atomic E-state index is 11.6. The molecule has 0 saturated carbocycles. The van der Waals surface area contributed by atoms with Gasteiger partial charge in [-0.1, -0.05) is 31.5 Å². The van der Waals surface area contributed by atoms with E-state index in [4.69, 9.17) is 0 Å². The van der Waals surface area contributed by atoms with Gasteiger partial charge in [0, 0.05) is 12.2 Å². The molecule has 0 saturated heterocycles. The van der Waals surface area contributed by atoms with E-state index in [0.29, 0.717) is 12.3 Å². The zero-order valence-electron chi connectivity index (χ0n) is 11.1. The lowest BCUT2D eigenvalue weighted by Gasteiger charge is -2.05. The summed E-state index contributed by atoms with van der Waals surface area (Å²) >= 11 is 1.32. The summed E-state index contributed by atoms with van der Waals surface area (Å²) in [4.78, 5) is 23.0. The number of carbonyl (C=O) groups excluding carboxylic acids is 2. The van der Waals surface area contributed by atoms with E-state index < -0.39 is 0 Å². The average molecular weight is 280 g/mol. The molecule has 0 spiro atoms. The summed E-state index contributed by atoms with van der Waals surface area (Å²) in [7, 11) is 0. The van der Waals surface area contributed by atoms with E-state index in [1.807, 2.05) is 30.3 Å². The number of carbonyl (C=O) groups is 2. The third-order valence-corrected chi connectivity index (χ3v) is 3.31. The molecule has 2 N–H and O–H groups in total. The number of nitrogens with one attached hydrogen (secondary N) is 2. The first-order valence-electron chi connectivity index (χ1n) is 6.41. The average Bonchev–Trinajstić information content (AvgIpc) is 2.40. The molecule has 0 aromatic heterocycles. The highest BCUT2D eigenvalue weighted by molar-refractivity contribution is 8.00. The Hall–Kier alpha value is -1.49. The fraction of sp³-hybridized carbons (Fsp3) is 0.429. The number of benzene rings is 1. The molecule has 0 aliphatic heterocycles. The van der Waals surface area contributed by atoms with Crippen LogP contribution in [0, 0.1) is 0 Å². The fourth-order valence-corrected chi connectivity index (χ4v) is 2.06. The van der Waals surface area contributed by atoms with Gasteiger partial charge in [-0.2, -0.15) is 0 Å². The largest absolute Gasteiger partial charge is 0.355 e. The lowest BCUT2D eigenvalue weighted by atomic mass is 10.3. The van der Waals surface area contributed by atoms with Crippen molar-refractivity contribution in [3.05, 3.63) is 30.3 Å². The second-order valence-corrected chi connectivity index (χ2v) is 5.10. The molecule has 0 aliphatic carbocycles. The zero-order valence-corrected chi connectivity index (χ0v) is 12.0. The minimum atomic E-state index is -0.0856. The Labute approximate surface area is 118 Å². The van der Waals surface area contributed by atoms with Crippen LogP contribution in [0.5, 0.6) is 0 Å². The first kappa shape index (κ1) is 15.6. The third-order valence-electron chi connectivity index (χ3n) is 2.38. The Morgan fingerprint density at radius 3 is 2.47 bits per heavy atom. The molecule has 104 valence electrons. The molecule has 4 nitrogen and oxygen atoms in total. The lowest BCUT2D eigenvalue weighted by molar-refractivity contribution is -0.118. The Morgan fingerprint density at radius 2 is 1.79 bits per heavy atom. The van der Waals surface area contributed by atoms with E-state index in [1.54, 1.807) is 0 Å². The quantitative estimate of drug-likeness (QED) is 0.718. The summed E-state index contributed by atoms with van der Waals surface area (Å²) in [5, 5.41) is 5.59. The Kier molecular flexibility index (Phi) is 7.74. The van der Waals surface area contributed by atoms with Crippen LogP contribution in [0.3, 0.4) is 0 Å². The van der Waals surface area contributed by atoms with Crippen molar-refractivity contribution < 1.29 is 9.59 Å². The first-order valence-corrected chi connectivity index (χ1v) is 7.57. The molecule has 0 unspecified atom stereocenters. The van der Waals surface area contributed by atoms with E-state index in [2.05, 4.69) is 17.6 Å². The number of amides is 2. The van der Waals surface area contributed by atoms with E-state index in [9.17, 15) is 9.59 Å². The van der Waals surface area contributed by atoms with Gasteiger partial charge in [-0.05, 0) is 18.6 Å². The van der Waals surface area contributed by atoms with Gasteiger partial charge in [-0.3, -0.25) is 9.59 Å². The highest BCUT2D eigenvalue weighted by atomic mass is 32.2. The molecule has 2 amide bonds. The number of rotatable bonds is 8. The summed E-state index contributed by atoms with van der Waals surface area (Å²) in [6.45, 7) is 2.79. The lowest BCUT2D eigenvalue weighted by Crippen LogP contribution is -2.26. The van der Waals surface area contributed by atoms with Crippen LogP contribution in [0.2, 0.25) is 0 Å². The molecule has 1 rings (SSSR count). The van der Waals surface area contributed by atoms with Crippen molar-refractivity contribution in [3.63, 3.8) is 0 Å². The van der Waals surface area contributed by atoms with Crippen molar-refractivity contribution in [1.29, 1.82) is 0 Å². The van der Waals surface area contributed by atoms with Gasteiger partial charge in [0.2, 0.25) is 11.8 Å². The van der Waals surface area contributed by atoms with Crippen LogP contribution in [-0.2, 0) is 9.59 Å². The minimum Gasteiger partial charge on any atom is -0.355 e. The van der Waals surface area contributed by atoms with Crippen LogP contribution < -0.4 is 10.6 Å². The number of thioether (sulfide) groups is 1. The van der Waals surface area contributed by atoms with Gasteiger partial charge in [-0.25, -0.2) is 0 Å². The molecule has 0 atom stereocenters. The highest BCUT2D eigenvalue weighted by Gasteiger charge is 2.05. The van der Waals surface area contributed by atoms with Crippen molar-refractivity contribution in [2.24, 2.45) is 0 Å². The zero-order chi connectivity index (χ0) is 13.9. The van der Waals surface area contributed by atoms with Crippen molar-refractivity contribution in [2.45, 2.75) is 19.8 Å². The molecule has 0 aliphatic rings. The standard InChI is InChI=1S/C14H20N2O2S/c1-2-3-9-15-13(17)10-19-11-14(18)16-12-7-5-4-6-8-12/h4-8H,2-3,9-11H2,1H3,(H,15,17)(H,16,18). The summed E-state index contributed by atoms with van der Waals surface area (Å²) in [6.07, 6.45) is 2.05. The van der Waals surface area contributed by atoms with Crippen LogP contribution in [0.1, 0.15) is 19.8 Å². The van der Waals surface area contributed by atoms with Crippen LogP contribution in [0.4, 0.5) is 5.69 Å². The molecular weight excluding hydrogens is 260 g/mol. The van der Waals surface area contributed by atoms with Crippen molar-refractivity contribution in [2.75, 3.05) is 23.4 Å². The maximum absolute atomic E-state index is 11.6. The Bertz CT molecular complexity index is 396. The monoisotopic (exact) mass is 280 g/mol. The predicted octanol–water partition coefficient (Wildman–Crippen LogP) is 2.27. The Morgan fingerprint density at radius 1 is 1.11 bits per heavy atom. The van der Waals surface area contributed by atoms with Crippen LogP contribution in [-0.4, -0.2) is 29.9 Å². The Balaban J connectivity index is 2.12. The van der Waals surface area contributed by atoms with Gasteiger partial charge >= 0.3 is 0 Å². The molecule has 1 aromatic rings. The van der Waals surface area contributed by atoms with Crippen molar-refractivity contribution in [1.82, 2.24) is 5.32 Å². The molecule has 0 fully saturated rings. The fourth-order valence-electron chi connectivity index (χ4n) is 1.41. The van der Waals surface area contributed by atoms with E-state index in [1.165, 1.54) is 11.8 Å². The smallest absolute Gasteiger partial charge is 0.234 e.